The summed E-state index contributed by atoms with van der Waals surface area (Å²) in [5.74, 6) is -0.194. The maximum Gasteiger partial charge on any atom is 0.336 e. The fourth-order valence-corrected chi connectivity index (χ4v) is 3.55. The summed E-state index contributed by atoms with van der Waals surface area (Å²) < 4.78 is 10.6. The number of hydrogen-bond acceptors (Lipinski definition) is 5. The smallest absolute Gasteiger partial charge is 0.336 e. The number of nitrogens with zero attached hydrogens (tertiary/aromatic N) is 1. The molecule has 1 saturated heterocycles. The van der Waals surface area contributed by atoms with Crippen molar-refractivity contribution in [2.75, 3.05) is 19.7 Å². The third-order valence-corrected chi connectivity index (χ3v) is 5.04. The Labute approximate surface area is 147 Å². The first-order chi connectivity index (χ1) is 12.0. The summed E-state index contributed by atoms with van der Waals surface area (Å²) in [4.78, 5) is 26.3. The second-order valence-corrected chi connectivity index (χ2v) is 6.80. The fourth-order valence-electron chi connectivity index (χ4n) is 3.55. The highest BCUT2D eigenvalue weighted by Crippen LogP contribution is 2.26. The molecule has 134 valence electrons. The molecule has 1 aliphatic heterocycles. The number of carbonyl (C=O) groups is 1. The summed E-state index contributed by atoms with van der Waals surface area (Å²) in [6, 6.07) is 5.65. The van der Waals surface area contributed by atoms with E-state index in [0.717, 1.165) is 41.5 Å². The van der Waals surface area contributed by atoms with Gasteiger partial charge in [-0.1, -0.05) is 12.1 Å². The van der Waals surface area contributed by atoms with Crippen LogP contribution in [0, 0.1) is 19.8 Å². The maximum atomic E-state index is 12.0. The van der Waals surface area contributed by atoms with E-state index < -0.39 is 0 Å². The summed E-state index contributed by atoms with van der Waals surface area (Å²) in [6.07, 6.45) is 1.83. The molecule has 1 unspecified atom stereocenters. The molecule has 1 aromatic heterocycles. The second-order valence-electron chi connectivity index (χ2n) is 6.80. The van der Waals surface area contributed by atoms with E-state index in [1.54, 1.807) is 6.07 Å². The molecule has 25 heavy (non-hydrogen) atoms. The summed E-state index contributed by atoms with van der Waals surface area (Å²) in [6.45, 7) is 8.46. The summed E-state index contributed by atoms with van der Waals surface area (Å²) in [7, 11) is 0. The van der Waals surface area contributed by atoms with Gasteiger partial charge in [0, 0.05) is 24.5 Å². The number of fused-ring (bicyclic) bond motifs is 1. The van der Waals surface area contributed by atoms with Gasteiger partial charge in [0.15, 0.2) is 0 Å². The van der Waals surface area contributed by atoms with Crippen LogP contribution in [-0.4, -0.2) is 30.6 Å². The number of likely N-dealkylation sites (tertiary alicyclic amines) is 1. The monoisotopic (exact) mass is 343 g/mol. The van der Waals surface area contributed by atoms with E-state index in [1.807, 2.05) is 26.8 Å². The standard InChI is InChI=1S/C20H25NO4/c1-4-24-20(23)15-6-5-9-21(11-15)12-16-10-18(22)25-19-14(3)13(2)7-8-17(16)19/h7-8,10,15H,4-6,9,11-12H2,1-3H3. The van der Waals surface area contributed by atoms with Crippen LogP contribution >= 0.6 is 0 Å². The maximum absolute atomic E-state index is 12.0. The molecule has 1 aliphatic rings. The molecule has 0 saturated carbocycles. The predicted molar refractivity (Wildman–Crippen MR) is 96.6 cm³/mol. The summed E-state index contributed by atoms with van der Waals surface area (Å²) in [5, 5.41) is 0.973. The molecule has 0 radical (unpaired) electrons. The van der Waals surface area contributed by atoms with Gasteiger partial charge in [-0.15, -0.1) is 0 Å². The first-order valence-electron chi connectivity index (χ1n) is 8.91. The van der Waals surface area contributed by atoms with Crippen LogP contribution in [0.3, 0.4) is 0 Å². The molecular weight excluding hydrogens is 318 g/mol. The molecule has 0 N–H and O–H groups in total. The average Bonchev–Trinajstić information content (AvgIpc) is 2.59. The number of esters is 1. The Morgan fingerprint density at radius 3 is 2.92 bits per heavy atom. The topological polar surface area (TPSA) is 59.8 Å². The van der Waals surface area contributed by atoms with Crippen LogP contribution in [0.15, 0.2) is 27.4 Å². The van der Waals surface area contributed by atoms with E-state index in [0.29, 0.717) is 25.3 Å². The number of carbonyl (C=O) groups excluding carboxylic acids is 1. The van der Waals surface area contributed by atoms with Crippen LogP contribution in [0.2, 0.25) is 0 Å². The minimum absolute atomic E-state index is 0.0796. The fraction of sp³-hybridized carbons (Fsp3) is 0.500. The molecule has 5 nitrogen and oxygen atoms in total. The van der Waals surface area contributed by atoms with Crippen LogP contribution in [-0.2, 0) is 16.1 Å². The number of piperidine rings is 1. The van der Waals surface area contributed by atoms with Crippen LogP contribution < -0.4 is 5.63 Å². The second kappa shape index (κ2) is 7.40. The van der Waals surface area contributed by atoms with Crippen LogP contribution in [0.1, 0.15) is 36.5 Å². The van der Waals surface area contributed by atoms with Crippen molar-refractivity contribution in [2.24, 2.45) is 5.92 Å². The third-order valence-electron chi connectivity index (χ3n) is 5.04. The molecule has 1 aromatic carbocycles. The zero-order chi connectivity index (χ0) is 18.0. The first-order valence-corrected chi connectivity index (χ1v) is 8.91. The summed E-state index contributed by atoms with van der Waals surface area (Å²) in [5.41, 5.74) is 3.41. The minimum atomic E-state index is -0.324. The molecule has 1 fully saturated rings. The molecule has 0 aliphatic carbocycles. The number of benzene rings is 1. The minimum Gasteiger partial charge on any atom is -0.466 e. The lowest BCUT2D eigenvalue weighted by atomic mass is 9.97. The molecule has 3 rings (SSSR count). The molecule has 0 spiro atoms. The van der Waals surface area contributed by atoms with Crippen LogP contribution in [0.5, 0.6) is 0 Å². The van der Waals surface area contributed by atoms with Gasteiger partial charge in [0.1, 0.15) is 5.58 Å². The van der Waals surface area contributed by atoms with Gasteiger partial charge in [-0.2, -0.15) is 0 Å². The van der Waals surface area contributed by atoms with Crippen LogP contribution in [0.25, 0.3) is 11.0 Å². The number of ether oxygens (including phenoxy) is 1. The van der Waals surface area contributed by atoms with E-state index in [9.17, 15) is 9.59 Å². The van der Waals surface area contributed by atoms with Crippen molar-refractivity contribution in [1.82, 2.24) is 4.90 Å². The number of rotatable bonds is 4. The Morgan fingerprint density at radius 1 is 1.36 bits per heavy atom. The lowest BCUT2D eigenvalue weighted by molar-refractivity contribution is -0.150. The van der Waals surface area contributed by atoms with Gasteiger partial charge in [-0.05, 0) is 56.8 Å². The highest BCUT2D eigenvalue weighted by Gasteiger charge is 2.27. The van der Waals surface area contributed by atoms with E-state index in [1.165, 1.54) is 0 Å². The Hall–Kier alpha value is -2.14. The van der Waals surface area contributed by atoms with Gasteiger partial charge in [0.25, 0.3) is 0 Å². The van der Waals surface area contributed by atoms with Gasteiger partial charge in [0.2, 0.25) is 0 Å². The molecular formula is C20H25NO4. The predicted octanol–water partition coefficient (Wildman–Crippen LogP) is 3.18. The van der Waals surface area contributed by atoms with E-state index in [-0.39, 0.29) is 17.5 Å². The Balaban J connectivity index is 1.86. The van der Waals surface area contributed by atoms with Crippen molar-refractivity contribution >= 4 is 16.9 Å². The van der Waals surface area contributed by atoms with Crippen molar-refractivity contribution in [3.63, 3.8) is 0 Å². The zero-order valence-corrected chi connectivity index (χ0v) is 15.1. The van der Waals surface area contributed by atoms with Crippen molar-refractivity contribution in [3.8, 4) is 0 Å². The quantitative estimate of drug-likeness (QED) is 0.630. The zero-order valence-electron chi connectivity index (χ0n) is 15.1. The molecule has 2 aromatic rings. The van der Waals surface area contributed by atoms with E-state index in [2.05, 4.69) is 11.0 Å². The Bertz CT molecular complexity index is 839. The lowest BCUT2D eigenvalue weighted by Crippen LogP contribution is -2.39. The first kappa shape index (κ1) is 17.7. The van der Waals surface area contributed by atoms with Crippen molar-refractivity contribution in [3.05, 3.63) is 45.3 Å². The SMILES string of the molecule is CCOC(=O)C1CCCN(Cc2cc(=O)oc3c(C)c(C)ccc23)C1. The normalized spacial score (nSPS) is 18.4. The third kappa shape index (κ3) is 3.76. The van der Waals surface area contributed by atoms with Gasteiger partial charge < -0.3 is 9.15 Å². The van der Waals surface area contributed by atoms with Crippen molar-refractivity contribution in [1.29, 1.82) is 0 Å². The highest BCUT2D eigenvalue weighted by molar-refractivity contribution is 5.83. The molecule has 0 bridgehead atoms. The largest absolute Gasteiger partial charge is 0.466 e. The molecule has 1 atom stereocenters. The number of aryl methyl sites for hydroxylation is 2. The van der Waals surface area contributed by atoms with Gasteiger partial charge in [-0.25, -0.2) is 4.79 Å². The Kier molecular flexibility index (Phi) is 5.23. The van der Waals surface area contributed by atoms with Crippen LogP contribution in [0.4, 0.5) is 0 Å². The van der Waals surface area contributed by atoms with Gasteiger partial charge in [-0.3, -0.25) is 9.69 Å². The van der Waals surface area contributed by atoms with Crippen molar-refractivity contribution < 1.29 is 13.9 Å². The number of hydrogen-bond donors (Lipinski definition) is 0. The lowest BCUT2D eigenvalue weighted by Gasteiger charge is -2.31. The van der Waals surface area contributed by atoms with Crippen molar-refractivity contribution in [2.45, 2.75) is 40.2 Å². The van der Waals surface area contributed by atoms with Gasteiger partial charge in [0.05, 0.1) is 12.5 Å². The Morgan fingerprint density at radius 2 is 2.16 bits per heavy atom. The molecule has 5 heteroatoms. The average molecular weight is 343 g/mol. The molecule has 2 heterocycles. The van der Waals surface area contributed by atoms with E-state index >= 15 is 0 Å². The summed E-state index contributed by atoms with van der Waals surface area (Å²) >= 11 is 0. The highest BCUT2D eigenvalue weighted by atomic mass is 16.5. The van der Waals surface area contributed by atoms with Gasteiger partial charge >= 0.3 is 11.6 Å². The van der Waals surface area contributed by atoms with E-state index in [4.69, 9.17) is 9.15 Å². The molecule has 0 amide bonds.